The molecular formula is C13H24N4O2S. The van der Waals surface area contributed by atoms with E-state index in [0.29, 0.717) is 12.2 Å². The van der Waals surface area contributed by atoms with Crippen LogP contribution in [0.2, 0.25) is 0 Å². The third-order valence-electron chi connectivity index (χ3n) is 4.40. The first-order chi connectivity index (χ1) is 9.37. The summed E-state index contributed by atoms with van der Waals surface area (Å²) in [6.45, 7) is 2.16. The SMILES string of the molecule is Cc1[nH]ncc1S(=O)(=O)NCC1(N(C)C)CCCCC1. The van der Waals surface area contributed by atoms with Crippen molar-refractivity contribution < 1.29 is 8.42 Å². The summed E-state index contributed by atoms with van der Waals surface area (Å²) in [6, 6.07) is 0. The number of likely N-dealkylation sites (N-methyl/N-ethyl adjacent to an activating group) is 1. The lowest BCUT2D eigenvalue weighted by Gasteiger charge is -2.43. The summed E-state index contributed by atoms with van der Waals surface area (Å²) in [7, 11) is 0.572. The molecule has 0 saturated heterocycles. The van der Waals surface area contributed by atoms with E-state index >= 15 is 0 Å². The van der Waals surface area contributed by atoms with Crippen LogP contribution in [-0.2, 0) is 10.0 Å². The zero-order chi connectivity index (χ0) is 14.8. The number of aromatic nitrogens is 2. The van der Waals surface area contributed by atoms with Gasteiger partial charge in [0.2, 0.25) is 10.0 Å². The Morgan fingerprint density at radius 2 is 2.00 bits per heavy atom. The van der Waals surface area contributed by atoms with E-state index in [4.69, 9.17) is 0 Å². The van der Waals surface area contributed by atoms with E-state index in [0.717, 1.165) is 25.7 Å². The van der Waals surface area contributed by atoms with Crippen LogP contribution in [0.1, 0.15) is 37.8 Å². The van der Waals surface area contributed by atoms with E-state index < -0.39 is 10.0 Å². The first-order valence-corrected chi connectivity index (χ1v) is 8.53. The first kappa shape index (κ1) is 15.5. The zero-order valence-corrected chi connectivity index (χ0v) is 13.3. The quantitative estimate of drug-likeness (QED) is 0.858. The molecule has 0 aliphatic heterocycles. The Kier molecular flexibility index (Phi) is 4.51. The lowest BCUT2D eigenvalue weighted by molar-refractivity contribution is 0.105. The third-order valence-corrected chi connectivity index (χ3v) is 5.91. The van der Waals surface area contributed by atoms with Crippen LogP contribution in [0.4, 0.5) is 0 Å². The van der Waals surface area contributed by atoms with Gasteiger partial charge < -0.3 is 4.90 Å². The summed E-state index contributed by atoms with van der Waals surface area (Å²) < 4.78 is 27.4. The van der Waals surface area contributed by atoms with Gasteiger partial charge in [-0.2, -0.15) is 5.10 Å². The highest BCUT2D eigenvalue weighted by Crippen LogP contribution is 2.32. The predicted octanol–water partition coefficient (Wildman–Crippen LogP) is 1.26. The summed E-state index contributed by atoms with van der Waals surface area (Å²) in [4.78, 5) is 2.40. The fraction of sp³-hybridized carbons (Fsp3) is 0.769. The van der Waals surface area contributed by atoms with Crippen LogP contribution >= 0.6 is 0 Å². The number of hydrogen-bond acceptors (Lipinski definition) is 4. The number of hydrogen-bond donors (Lipinski definition) is 2. The number of aromatic amines is 1. The van der Waals surface area contributed by atoms with Gasteiger partial charge in [-0.05, 0) is 33.9 Å². The van der Waals surface area contributed by atoms with Gasteiger partial charge in [-0.25, -0.2) is 13.1 Å². The van der Waals surface area contributed by atoms with Crippen LogP contribution in [0.3, 0.4) is 0 Å². The highest BCUT2D eigenvalue weighted by Gasteiger charge is 2.35. The Bertz CT molecular complexity index is 544. The molecule has 1 aliphatic carbocycles. The number of sulfonamides is 1. The molecule has 20 heavy (non-hydrogen) atoms. The molecule has 0 radical (unpaired) electrons. The number of aryl methyl sites for hydroxylation is 1. The Balaban J connectivity index is 2.12. The summed E-state index contributed by atoms with van der Waals surface area (Å²) >= 11 is 0. The molecule has 1 aliphatic rings. The summed E-state index contributed by atoms with van der Waals surface area (Å²) in [5, 5.41) is 6.45. The molecule has 7 heteroatoms. The van der Waals surface area contributed by atoms with Gasteiger partial charge in [0.05, 0.1) is 11.9 Å². The normalized spacial score (nSPS) is 19.4. The molecule has 0 unspecified atom stereocenters. The molecule has 1 saturated carbocycles. The minimum atomic E-state index is -3.49. The van der Waals surface area contributed by atoms with E-state index in [-0.39, 0.29) is 10.4 Å². The van der Waals surface area contributed by atoms with Gasteiger partial charge in [-0.15, -0.1) is 0 Å². The molecule has 1 aromatic rings. The van der Waals surface area contributed by atoms with E-state index in [1.54, 1.807) is 6.92 Å². The molecule has 1 aromatic heterocycles. The van der Waals surface area contributed by atoms with Crippen LogP contribution in [-0.4, -0.2) is 49.7 Å². The maximum absolute atomic E-state index is 12.3. The zero-order valence-electron chi connectivity index (χ0n) is 12.4. The molecule has 2 N–H and O–H groups in total. The number of nitrogens with one attached hydrogen (secondary N) is 2. The maximum Gasteiger partial charge on any atom is 0.244 e. The van der Waals surface area contributed by atoms with Gasteiger partial charge in [0.1, 0.15) is 4.90 Å². The van der Waals surface area contributed by atoms with Gasteiger partial charge in [-0.1, -0.05) is 19.3 Å². The van der Waals surface area contributed by atoms with E-state index in [2.05, 4.69) is 19.8 Å². The molecule has 0 amide bonds. The van der Waals surface area contributed by atoms with Crippen LogP contribution in [0, 0.1) is 6.92 Å². The molecule has 2 rings (SSSR count). The monoisotopic (exact) mass is 300 g/mol. The minimum Gasteiger partial charge on any atom is -0.302 e. The Morgan fingerprint density at radius 1 is 1.35 bits per heavy atom. The molecule has 0 bridgehead atoms. The summed E-state index contributed by atoms with van der Waals surface area (Å²) in [6.07, 6.45) is 6.99. The van der Waals surface area contributed by atoms with Crippen LogP contribution in [0.15, 0.2) is 11.1 Å². The molecule has 1 heterocycles. The van der Waals surface area contributed by atoms with Crippen molar-refractivity contribution in [3.63, 3.8) is 0 Å². The molecule has 1 fully saturated rings. The third kappa shape index (κ3) is 3.05. The minimum absolute atomic E-state index is 0.0665. The standard InChI is InChI=1S/C13H24N4O2S/c1-11-12(9-14-16-11)20(18,19)15-10-13(17(2)3)7-5-4-6-8-13/h9,15H,4-8,10H2,1-3H3,(H,14,16). The van der Waals surface area contributed by atoms with Crippen molar-refractivity contribution in [1.29, 1.82) is 0 Å². The number of nitrogens with zero attached hydrogens (tertiary/aromatic N) is 2. The molecule has 6 nitrogen and oxygen atoms in total. The van der Waals surface area contributed by atoms with Gasteiger partial charge in [0.15, 0.2) is 0 Å². The van der Waals surface area contributed by atoms with Gasteiger partial charge in [0.25, 0.3) is 0 Å². The topological polar surface area (TPSA) is 78.1 Å². The Morgan fingerprint density at radius 3 is 2.50 bits per heavy atom. The van der Waals surface area contributed by atoms with Crippen LogP contribution < -0.4 is 4.72 Å². The molecule has 0 spiro atoms. The molecule has 114 valence electrons. The van der Waals surface area contributed by atoms with Crippen molar-refractivity contribution in [1.82, 2.24) is 19.8 Å². The largest absolute Gasteiger partial charge is 0.302 e. The average Bonchev–Trinajstić information content (AvgIpc) is 2.85. The van der Waals surface area contributed by atoms with Crippen molar-refractivity contribution >= 4 is 10.0 Å². The number of rotatable bonds is 5. The fourth-order valence-corrected chi connectivity index (χ4v) is 4.16. The van der Waals surface area contributed by atoms with Crippen LogP contribution in [0.5, 0.6) is 0 Å². The molecule has 0 aromatic carbocycles. The van der Waals surface area contributed by atoms with Crippen molar-refractivity contribution in [2.45, 2.75) is 49.5 Å². The Hall–Kier alpha value is -0.920. The highest BCUT2D eigenvalue weighted by atomic mass is 32.2. The smallest absolute Gasteiger partial charge is 0.244 e. The predicted molar refractivity (Wildman–Crippen MR) is 78.0 cm³/mol. The van der Waals surface area contributed by atoms with Crippen molar-refractivity contribution in [2.75, 3.05) is 20.6 Å². The fourth-order valence-electron chi connectivity index (χ4n) is 2.91. The summed E-state index contributed by atoms with van der Waals surface area (Å²) in [5.41, 5.74) is 0.503. The van der Waals surface area contributed by atoms with E-state index in [1.807, 2.05) is 14.1 Å². The van der Waals surface area contributed by atoms with Crippen LogP contribution in [0.25, 0.3) is 0 Å². The highest BCUT2D eigenvalue weighted by molar-refractivity contribution is 7.89. The van der Waals surface area contributed by atoms with Crippen molar-refractivity contribution in [2.24, 2.45) is 0 Å². The average molecular weight is 300 g/mol. The van der Waals surface area contributed by atoms with Gasteiger partial charge >= 0.3 is 0 Å². The lowest BCUT2D eigenvalue weighted by atomic mass is 9.81. The van der Waals surface area contributed by atoms with Crippen molar-refractivity contribution in [3.8, 4) is 0 Å². The van der Waals surface area contributed by atoms with E-state index in [1.165, 1.54) is 12.6 Å². The lowest BCUT2D eigenvalue weighted by Crippen LogP contribution is -2.53. The second kappa shape index (κ2) is 5.83. The Labute approximate surface area is 121 Å². The van der Waals surface area contributed by atoms with Gasteiger partial charge in [-0.3, -0.25) is 5.10 Å². The number of H-pyrrole nitrogens is 1. The summed E-state index contributed by atoms with van der Waals surface area (Å²) in [5.74, 6) is 0. The molecular weight excluding hydrogens is 276 g/mol. The molecule has 0 atom stereocenters. The van der Waals surface area contributed by atoms with E-state index in [9.17, 15) is 8.42 Å². The maximum atomic E-state index is 12.3. The first-order valence-electron chi connectivity index (χ1n) is 7.04. The van der Waals surface area contributed by atoms with Gasteiger partial charge in [0, 0.05) is 12.1 Å². The second-order valence-corrected chi connectivity index (χ2v) is 7.60. The second-order valence-electron chi connectivity index (χ2n) is 5.86. The van der Waals surface area contributed by atoms with Crippen molar-refractivity contribution in [3.05, 3.63) is 11.9 Å².